The Morgan fingerprint density at radius 3 is 2.64 bits per heavy atom. The summed E-state index contributed by atoms with van der Waals surface area (Å²) in [6, 6.07) is 1.63. The molecule has 0 aromatic carbocycles. The lowest BCUT2D eigenvalue weighted by Gasteiger charge is -1.88. The average molecular weight is 154 g/mol. The Kier molecular flexibility index (Phi) is 2.10. The van der Waals surface area contributed by atoms with Gasteiger partial charge in [-0.15, -0.1) is 0 Å². The van der Waals surface area contributed by atoms with Gasteiger partial charge in [0.05, 0.1) is 0 Å². The van der Waals surface area contributed by atoms with Gasteiger partial charge in [0, 0.05) is 6.92 Å². The minimum absolute atomic E-state index is 0.118. The molecular formula is C8H10O3. The number of hydrogen-bond donors (Lipinski definition) is 1. The van der Waals surface area contributed by atoms with Crippen LogP contribution in [0.2, 0.25) is 0 Å². The molecule has 0 unspecified atom stereocenters. The number of aliphatic hydroxyl groups is 1. The molecule has 1 aromatic rings. The van der Waals surface area contributed by atoms with Crippen molar-refractivity contribution in [2.45, 2.75) is 20.5 Å². The fourth-order valence-electron chi connectivity index (χ4n) is 0.850. The van der Waals surface area contributed by atoms with Crippen molar-refractivity contribution in [3.8, 4) is 0 Å². The van der Waals surface area contributed by atoms with Crippen molar-refractivity contribution < 1.29 is 14.3 Å². The lowest BCUT2D eigenvalue weighted by atomic mass is 10.2. The van der Waals surface area contributed by atoms with Crippen LogP contribution < -0.4 is 0 Å². The summed E-state index contributed by atoms with van der Waals surface area (Å²) in [5.41, 5.74) is 0.817. The maximum Gasteiger partial charge on any atom is 0.194 e. The van der Waals surface area contributed by atoms with Crippen molar-refractivity contribution in [3.05, 3.63) is 23.2 Å². The van der Waals surface area contributed by atoms with Gasteiger partial charge in [0.2, 0.25) is 0 Å². The predicted octanol–water partition coefficient (Wildman–Crippen LogP) is 1.28. The van der Waals surface area contributed by atoms with Gasteiger partial charge in [-0.2, -0.15) is 0 Å². The number of Topliss-reactive ketones (excluding diaryl/α,β-unsaturated/α-hetero) is 1. The smallest absolute Gasteiger partial charge is 0.194 e. The van der Waals surface area contributed by atoms with E-state index in [-0.39, 0.29) is 12.4 Å². The maximum atomic E-state index is 10.8. The van der Waals surface area contributed by atoms with E-state index in [1.807, 2.05) is 0 Å². The highest BCUT2D eigenvalue weighted by atomic mass is 16.4. The predicted molar refractivity (Wildman–Crippen MR) is 39.4 cm³/mol. The van der Waals surface area contributed by atoms with Gasteiger partial charge in [-0.05, 0) is 18.6 Å². The van der Waals surface area contributed by atoms with Crippen LogP contribution in [0, 0.1) is 6.92 Å². The largest absolute Gasteiger partial charge is 0.455 e. The number of rotatable bonds is 2. The molecule has 0 saturated heterocycles. The van der Waals surface area contributed by atoms with Crippen LogP contribution in [0.15, 0.2) is 10.5 Å². The number of carbonyl (C=O) groups is 1. The Balaban J connectivity index is 3.05. The van der Waals surface area contributed by atoms with Gasteiger partial charge in [0.25, 0.3) is 0 Å². The lowest BCUT2D eigenvalue weighted by molar-refractivity contribution is 0.0982. The molecule has 1 aromatic heterocycles. The van der Waals surface area contributed by atoms with Gasteiger partial charge >= 0.3 is 0 Å². The van der Waals surface area contributed by atoms with Crippen molar-refractivity contribution in [3.63, 3.8) is 0 Å². The molecule has 0 saturated carbocycles. The first kappa shape index (κ1) is 8.01. The Labute approximate surface area is 64.6 Å². The fourth-order valence-corrected chi connectivity index (χ4v) is 0.850. The van der Waals surface area contributed by atoms with Crippen LogP contribution in [0.3, 0.4) is 0 Å². The van der Waals surface area contributed by atoms with E-state index >= 15 is 0 Å². The topological polar surface area (TPSA) is 50.4 Å². The number of furan rings is 1. The van der Waals surface area contributed by atoms with E-state index in [1.165, 1.54) is 6.92 Å². The summed E-state index contributed by atoms with van der Waals surface area (Å²) >= 11 is 0. The minimum Gasteiger partial charge on any atom is -0.455 e. The minimum atomic E-state index is -0.154. The van der Waals surface area contributed by atoms with Crippen LogP contribution >= 0.6 is 0 Å². The van der Waals surface area contributed by atoms with Crippen LogP contribution in [-0.2, 0) is 6.61 Å². The molecule has 0 spiro atoms. The van der Waals surface area contributed by atoms with Crippen molar-refractivity contribution in [1.29, 1.82) is 0 Å². The molecule has 0 fully saturated rings. The van der Waals surface area contributed by atoms with E-state index in [2.05, 4.69) is 0 Å². The zero-order chi connectivity index (χ0) is 8.43. The highest BCUT2D eigenvalue weighted by molar-refractivity contribution is 5.91. The molecule has 1 heterocycles. The molecular weight excluding hydrogens is 144 g/mol. The molecule has 60 valence electrons. The van der Waals surface area contributed by atoms with Crippen LogP contribution in [0.25, 0.3) is 0 Å². The average Bonchev–Trinajstić information content (AvgIpc) is 2.31. The molecule has 11 heavy (non-hydrogen) atoms. The highest BCUT2D eigenvalue weighted by Crippen LogP contribution is 2.14. The normalized spacial score (nSPS) is 10.1. The van der Waals surface area contributed by atoms with Gasteiger partial charge in [-0.1, -0.05) is 0 Å². The first-order chi connectivity index (χ1) is 5.15. The summed E-state index contributed by atoms with van der Waals surface area (Å²) in [4.78, 5) is 10.8. The van der Waals surface area contributed by atoms with E-state index in [9.17, 15) is 4.79 Å². The van der Waals surface area contributed by atoms with E-state index in [0.29, 0.717) is 11.5 Å². The Bertz CT molecular complexity index is 273. The molecule has 0 radical (unpaired) electrons. The fraction of sp³-hybridized carbons (Fsp3) is 0.375. The summed E-state index contributed by atoms with van der Waals surface area (Å²) in [5.74, 6) is 0.662. The summed E-state index contributed by atoms with van der Waals surface area (Å²) in [5, 5.41) is 8.71. The van der Waals surface area contributed by atoms with E-state index in [0.717, 1.165) is 5.56 Å². The van der Waals surface area contributed by atoms with E-state index in [1.54, 1.807) is 13.0 Å². The molecule has 1 rings (SSSR count). The Hall–Kier alpha value is -1.09. The van der Waals surface area contributed by atoms with E-state index < -0.39 is 0 Å². The van der Waals surface area contributed by atoms with Crippen LogP contribution in [0.4, 0.5) is 0 Å². The lowest BCUT2D eigenvalue weighted by Crippen LogP contribution is -1.86. The Morgan fingerprint density at radius 1 is 1.73 bits per heavy atom. The third kappa shape index (κ3) is 1.49. The second-order valence-electron chi connectivity index (χ2n) is 2.43. The standard InChI is InChI=1S/C8H10O3/c1-5-3-7(6(2)10)11-8(5)4-9/h3,9H,4H2,1-2H3. The second-order valence-corrected chi connectivity index (χ2v) is 2.43. The molecule has 0 amide bonds. The molecule has 0 bridgehead atoms. The summed E-state index contributed by atoms with van der Waals surface area (Å²) in [7, 11) is 0. The maximum absolute atomic E-state index is 10.8. The number of aryl methyl sites for hydroxylation is 1. The summed E-state index contributed by atoms with van der Waals surface area (Å²) < 4.78 is 5.03. The summed E-state index contributed by atoms with van der Waals surface area (Å²) in [6.45, 7) is 3.07. The van der Waals surface area contributed by atoms with Crippen molar-refractivity contribution in [2.75, 3.05) is 0 Å². The molecule has 3 heteroatoms. The first-order valence-electron chi connectivity index (χ1n) is 3.36. The molecule has 0 atom stereocenters. The monoisotopic (exact) mass is 154 g/mol. The summed E-state index contributed by atoms with van der Waals surface area (Å²) in [6.07, 6.45) is 0. The van der Waals surface area contributed by atoms with Gasteiger partial charge in [-0.25, -0.2) is 0 Å². The van der Waals surface area contributed by atoms with Crippen molar-refractivity contribution in [1.82, 2.24) is 0 Å². The number of aliphatic hydroxyl groups excluding tert-OH is 1. The first-order valence-corrected chi connectivity index (χ1v) is 3.36. The van der Waals surface area contributed by atoms with Crippen LogP contribution in [0.5, 0.6) is 0 Å². The molecule has 3 nitrogen and oxygen atoms in total. The van der Waals surface area contributed by atoms with Gasteiger partial charge in [0.15, 0.2) is 11.5 Å². The quantitative estimate of drug-likeness (QED) is 0.653. The van der Waals surface area contributed by atoms with Crippen LogP contribution in [-0.4, -0.2) is 10.9 Å². The third-order valence-corrected chi connectivity index (χ3v) is 1.51. The molecule has 0 aliphatic carbocycles. The van der Waals surface area contributed by atoms with Crippen LogP contribution in [0.1, 0.15) is 28.8 Å². The number of hydrogen-bond acceptors (Lipinski definition) is 3. The zero-order valence-corrected chi connectivity index (χ0v) is 6.55. The van der Waals surface area contributed by atoms with E-state index in [4.69, 9.17) is 9.52 Å². The van der Waals surface area contributed by atoms with Crippen molar-refractivity contribution in [2.24, 2.45) is 0 Å². The zero-order valence-electron chi connectivity index (χ0n) is 6.55. The number of carbonyl (C=O) groups excluding carboxylic acids is 1. The van der Waals surface area contributed by atoms with Gasteiger partial charge in [0.1, 0.15) is 12.4 Å². The van der Waals surface area contributed by atoms with Gasteiger partial charge < -0.3 is 9.52 Å². The Morgan fingerprint density at radius 2 is 2.36 bits per heavy atom. The number of ketones is 1. The molecule has 1 N–H and O–H groups in total. The SMILES string of the molecule is CC(=O)c1cc(C)c(CO)o1. The molecule has 0 aliphatic heterocycles. The van der Waals surface area contributed by atoms with Gasteiger partial charge in [-0.3, -0.25) is 4.79 Å². The third-order valence-electron chi connectivity index (χ3n) is 1.51. The molecule has 0 aliphatic rings. The van der Waals surface area contributed by atoms with Crippen molar-refractivity contribution >= 4 is 5.78 Å². The highest BCUT2D eigenvalue weighted by Gasteiger charge is 2.08. The second kappa shape index (κ2) is 2.88.